The summed E-state index contributed by atoms with van der Waals surface area (Å²) in [6.45, 7) is 1.11. The third-order valence-corrected chi connectivity index (χ3v) is 3.50. The molecule has 2 rings (SSSR count). The van der Waals surface area contributed by atoms with Gasteiger partial charge in [-0.25, -0.2) is 9.67 Å². The van der Waals surface area contributed by atoms with Gasteiger partial charge in [0.25, 0.3) is 0 Å². The minimum absolute atomic E-state index is 0.507. The fourth-order valence-corrected chi connectivity index (χ4v) is 2.29. The van der Waals surface area contributed by atoms with Gasteiger partial charge >= 0.3 is 0 Å². The molecule has 2 N–H and O–H groups in total. The first-order chi connectivity index (χ1) is 8.22. The van der Waals surface area contributed by atoms with Crippen LogP contribution in [0.3, 0.4) is 0 Å². The van der Waals surface area contributed by atoms with Crippen LogP contribution in [0.25, 0.3) is 0 Å². The van der Waals surface area contributed by atoms with Crippen LogP contribution in [-0.2, 0) is 19.3 Å². The minimum Gasteiger partial charge on any atom is -0.329 e. The van der Waals surface area contributed by atoms with E-state index in [0.29, 0.717) is 24.0 Å². The molecule has 17 heavy (non-hydrogen) atoms. The molecule has 0 fully saturated rings. The van der Waals surface area contributed by atoms with E-state index in [1.165, 1.54) is 11.8 Å². The van der Waals surface area contributed by atoms with Crippen molar-refractivity contribution < 1.29 is 0 Å². The zero-order chi connectivity index (χ0) is 12.3. The maximum atomic E-state index is 5.90. The van der Waals surface area contributed by atoms with Gasteiger partial charge in [0.2, 0.25) is 5.16 Å². The van der Waals surface area contributed by atoms with Crippen LogP contribution in [0.4, 0.5) is 0 Å². The topological polar surface area (TPSA) is 87.4 Å². The molecule has 0 aliphatic heterocycles. The first-order valence-electron chi connectivity index (χ1n) is 4.97. The van der Waals surface area contributed by atoms with E-state index >= 15 is 0 Å². The van der Waals surface area contributed by atoms with Crippen LogP contribution in [0, 0.1) is 0 Å². The van der Waals surface area contributed by atoms with Crippen molar-refractivity contribution in [1.82, 2.24) is 29.8 Å². The van der Waals surface area contributed by atoms with Crippen LogP contribution in [-0.4, -0.2) is 36.3 Å². The van der Waals surface area contributed by atoms with Gasteiger partial charge in [0.15, 0.2) is 0 Å². The summed E-state index contributed by atoms with van der Waals surface area (Å²) in [5.41, 5.74) is 5.46. The second kappa shape index (κ2) is 5.48. The number of nitrogens with two attached hydrogens (primary N) is 1. The summed E-state index contributed by atoms with van der Waals surface area (Å²) >= 11 is 7.40. The highest BCUT2D eigenvalue weighted by atomic mass is 35.5. The van der Waals surface area contributed by atoms with Gasteiger partial charge in [0, 0.05) is 13.6 Å². The lowest BCUT2D eigenvalue weighted by Crippen LogP contribution is -2.12. The van der Waals surface area contributed by atoms with Gasteiger partial charge in [0.1, 0.15) is 11.0 Å². The van der Waals surface area contributed by atoms with E-state index in [1.54, 1.807) is 10.9 Å². The molecule has 0 saturated heterocycles. The van der Waals surface area contributed by atoms with Gasteiger partial charge in [-0.2, -0.15) is 0 Å². The number of halogens is 1. The summed E-state index contributed by atoms with van der Waals surface area (Å²) < 4.78 is 3.50. The SMILES string of the molecule is Cn1c(Cl)cnc1CSc1nnnn1CCN. The Bertz CT molecular complexity index is 494. The highest BCUT2D eigenvalue weighted by Crippen LogP contribution is 2.20. The standard InChI is InChI=1S/C8H12ClN7S/c1-15-6(9)4-11-7(15)5-17-8-12-13-14-16(8)3-2-10/h4H,2-3,5,10H2,1H3. The summed E-state index contributed by atoms with van der Waals surface area (Å²) in [6, 6.07) is 0. The first kappa shape index (κ1) is 12.3. The number of aromatic nitrogens is 6. The Kier molecular flexibility index (Phi) is 3.97. The first-order valence-corrected chi connectivity index (χ1v) is 6.34. The molecule has 0 bridgehead atoms. The third-order valence-electron chi connectivity index (χ3n) is 2.20. The highest BCUT2D eigenvalue weighted by Gasteiger charge is 2.09. The highest BCUT2D eigenvalue weighted by molar-refractivity contribution is 7.98. The number of tetrazole rings is 1. The number of rotatable bonds is 5. The predicted molar refractivity (Wildman–Crippen MR) is 64.7 cm³/mol. The smallest absolute Gasteiger partial charge is 0.209 e. The van der Waals surface area contributed by atoms with Crippen molar-refractivity contribution in [2.75, 3.05) is 6.54 Å². The van der Waals surface area contributed by atoms with Gasteiger partial charge in [0.05, 0.1) is 18.5 Å². The quantitative estimate of drug-likeness (QED) is 0.789. The Morgan fingerprint density at radius 3 is 3.00 bits per heavy atom. The van der Waals surface area contributed by atoms with E-state index in [1.807, 2.05) is 11.6 Å². The second-order valence-corrected chi connectivity index (χ2v) is 4.65. The van der Waals surface area contributed by atoms with E-state index in [2.05, 4.69) is 20.5 Å². The molecule has 0 radical (unpaired) electrons. The van der Waals surface area contributed by atoms with Crippen molar-refractivity contribution in [2.45, 2.75) is 17.5 Å². The van der Waals surface area contributed by atoms with Gasteiger partial charge in [-0.3, -0.25) is 0 Å². The van der Waals surface area contributed by atoms with E-state index in [-0.39, 0.29) is 0 Å². The zero-order valence-corrected chi connectivity index (χ0v) is 10.8. The fraction of sp³-hybridized carbons (Fsp3) is 0.500. The number of thioether (sulfide) groups is 1. The molecule has 2 heterocycles. The van der Waals surface area contributed by atoms with E-state index < -0.39 is 0 Å². The van der Waals surface area contributed by atoms with Crippen LogP contribution < -0.4 is 5.73 Å². The Morgan fingerprint density at radius 2 is 2.35 bits per heavy atom. The van der Waals surface area contributed by atoms with Crippen molar-refractivity contribution in [3.05, 3.63) is 17.2 Å². The average Bonchev–Trinajstić information content (AvgIpc) is 2.87. The summed E-state index contributed by atoms with van der Waals surface area (Å²) in [4.78, 5) is 4.20. The van der Waals surface area contributed by atoms with Gasteiger partial charge in [-0.05, 0) is 10.4 Å². The Labute approximate surface area is 107 Å². The number of nitrogens with zero attached hydrogens (tertiary/aromatic N) is 6. The molecule has 2 aromatic rings. The van der Waals surface area contributed by atoms with E-state index in [0.717, 1.165) is 11.0 Å². The Morgan fingerprint density at radius 1 is 1.53 bits per heavy atom. The summed E-state index contributed by atoms with van der Waals surface area (Å²) in [7, 11) is 1.87. The van der Waals surface area contributed by atoms with Crippen molar-refractivity contribution in [3.63, 3.8) is 0 Å². The average molecular weight is 274 g/mol. The van der Waals surface area contributed by atoms with Crippen molar-refractivity contribution in [2.24, 2.45) is 12.8 Å². The van der Waals surface area contributed by atoms with Gasteiger partial charge in [-0.15, -0.1) is 5.10 Å². The molecule has 9 heteroatoms. The number of hydrogen-bond donors (Lipinski definition) is 1. The lowest BCUT2D eigenvalue weighted by Gasteiger charge is -2.03. The Balaban J connectivity index is 2.02. The summed E-state index contributed by atoms with van der Waals surface area (Å²) in [6.07, 6.45) is 1.63. The lowest BCUT2D eigenvalue weighted by atomic mass is 10.7. The van der Waals surface area contributed by atoms with Crippen LogP contribution in [0.2, 0.25) is 5.15 Å². The van der Waals surface area contributed by atoms with Gasteiger partial charge < -0.3 is 10.3 Å². The van der Waals surface area contributed by atoms with Crippen LogP contribution >= 0.6 is 23.4 Å². The molecule has 7 nitrogen and oxygen atoms in total. The van der Waals surface area contributed by atoms with Gasteiger partial charge in [-0.1, -0.05) is 23.4 Å². The minimum atomic E-state index is 0.507. The molecule has 0 aliphatic carbocycles. The zero-order valence-electron chi connectivity index (χ0n) is 9.25. The molecule has 2 aromatic heterocycles. The van der Waals surface area contributed by atoms with Crippen molar-refractivity contribution in [1.29, 1.82) is 0 Å². The fourth-order valence-electron chi connectivity index (χ4n) is 1.25. The van der Waals surface area contributed by atoms with E-state index in [9.17, 15) is 0 Å². The molecule has 0 spiro atoms. The number of hydrogen-bond acceptors (Lipinski definition) is 6. The maximum absolute atomic E-state index is 5.90. The van der Waals surface area contributed by atoms with Crippen molar-refractivity contribution in [3.8, 4) is 0 Å². The maximum Gasteiger partial charge on any atom is 0.209 e. The van der Waals surface area contributed by atoms with Crippen LogP contribution in [0.1, 0.15) is 5.82 Å². The van der Waals surface area contributed by atoms with Crippen LogP contribution in [0.5, 0.6) is 0 Å². The molecule has 92 valence electrons. The number of imidazole rings is 1. The normalized spacial score (nSPS) is 11.0. The monoisotopic (exact) mass is 273 g/mol. The van der Waals surface area contributed by atoms with E-state index in [4.69, 9.17) is 17.3 Å². The molecule has 0 aromatic carbocycles. The molecule has 0 amide bonds. The summed E-state index contributed by atoms with van der Waals surface area (Å²) in [5, 5.41) is 12.7. The molecular formula is C8H12ClN7S. The molecule has 0 atom stereocenters. The second-order valence-electron chi connectivity index (χ2n) is 3.32. The van der Waals surface area contributed by atoms with Crippen molar-refractivity contribution >= 4 is 23.4 Å². The predicted octanol–water partition coefficient (Wildman–Crippen LogP) is 0.311. The third kappa shape index (κ3) is 2.76. The Hall–Kier alpha value is -1.12. The largest absolute Gasteiger partial charge is 0.329 e. The summed E-state index contributed by atoms with van der Waals surface area (Å²) in [5.74, 6) is 1.54. The molecule has 0 aliphatic rings. The molecular weight excluding hydrogens is 262 g/mol. The lowest BCUT2D eigenvalue weighted by molar-refractivity contribution is 0.556. The van der Waals surface area contributed by atoms with Crippen LogP contribution in [0.15, 0.2) is 11.4 Å². The molecule has 0 unspecified atom stereocenters. The molecule has 0 saturated carbocycles.